The van der Waals surface area contributed by atoms with Gasteiger partial charge in [-0.3, -0.25) is 5.41 Å². The number of carbonyl (C=O) groups is 1. The van der Waals surface area contributed by atoms with Crippen molar-refractivity contribution in [2.75, 3.05) is 20.0 Å². The summed E-state index contributed by atoms with van der Waals surface area (Å²) in [5, 5.41) is 10.9. The molecule has 4 rings (SSSR count). The zero-order valence-corrected chi connectivity index (χ0v) is 30.4. The molecule has 1 heterocycles. The molecule has 1 aliphatic heterocycles. The number of hydrogen-bond acceptors (Lipinski definition) is 9. The van der Waals surface area contributed by atoms with Crippen LogP contribution >= 0.6 is 69.6 Å². The van der Waals surface area contributed by atoms with Gasteiger partial charge < -0.3 is 38.5 Å². The largest absolute Gasteiger partial charge is 0.446 e. The molecule has 3 aromatic rings. The minimum absolute atomic E-state index is 0.0785. The van der Waals surface area contributed by atoms with E-state index in [-0.39, 0.29) is 26.6 Å². The van der Waals surface area contributed by atoms with E-state index in [2.05, 4.69) is 5.32 Å². The van der Waals surface area contributed by atoms with Gasteiger partial charge in [0.1, 0.15) is 37.8 Å². The molecule has 0 aliphatic carbocycles. The number of carbonyl (C=O) groups excluding carboxylic acids is 1. The van der Waals surface area contributed by atoms with Crippen LogP contribution in [0.4, 0.5) is 4.79 Å². The number of alkyl carbamates (subject to hydrolysis) is 1. The zero-order valence-electron chi connectivity index (χ0n) is 25.8. The molecule has 1 fully saturated rings. The molecule has 5 atom stereocenters. The van der Waals surface area contributed by atoms with Crippen molar-refractivity contribution < 1.29 is 38.0 Å². The summed E-state index contributed by atoms with van der Waals surface area (Å²) in [6, 6.07) is 27.1. The van der Waals surface area contributed by atoms with Crippen LogP contribution < -0.4 is 5.32 Å². The van der Waals surface area contributed by atoms with Crippen LogP contribution in [0.5, 0.6) is 0 Å². The molecule has 0 radical (unpaired) electrons. The fraction of sp³-hybridized carbons (Fsp3) is 0.394. The summed E-state index contributed by atoms with van der Waals surface area (Å²) in [7, 11) is 0. The predicted molar refractivity (Wildman–Crippen MR) is 188 cm³/mol. The van der Waals surface area contributed by atoms with Crippen LogP contribution in [0.2, 0.25) is 0 Å². The van der Waals surface area contributed by atoms with Crippen molar-refractivity contribution in [2.45, 2.75) is 58.0 Å². The molecule has 0 saturated carbocycles. The molecule has 10 nitrogen and oxygen atoms in total. The van der Waals surface area contributed by atoms with E-state index in [0.717, 1.165) is 16.7 Å². The SMILES string of the molecule is N=C(O[C@H]1O[C@H](COCOCc2ccccc2)[C@@H](OCc2ccccc2)[C@H](OCc2ccccc2)[C@@H]1NC(=O)OCC(Cl)(Cl)Cl)C(Cl)(Cl)Cl. The fourth-order valence-corrected chi connectivity index (χ4v) is 4.99. The average molecular weight is 799 g/mol. The van der Waals surface area contributed by atoms with Crippen molar-refractivity contribution >= 4 is 81.6 Å². The lowest BCUT2D eigenvalue weighted by Gasteiger charge is -2.46. The Morgan fingerprint density at radius 2 is 1.24 bits per heavy atom. The van der Waals surface area contributed by atoms with Crippen LogP contribution in [0.1, 0.15) is 16.7 Å². The maximum Gasteiger partial charge on any atom is 0.407 e. The van der Waals surface area contributed by atoms with Crippen molar-refractivity contribution in [3.8, 4) is 0 Å². The number of nitrogens with one attached hydrogen (secondary N) is 2. The topological polar surface area (TPSA) is 118 Å². The lowest BCUT2D eigenvalue weighted by Crippen LogP contribution is -2.66. The maximum atomic E-state index is 13.0. The highest BCUT2D eigenvalue weighted by atomic mass is 35.6. The molecule has 266 valence electrons. The predicted octanol–water partition coefficient (Wildman–Crippen LogP) is 7.90. The standard InChI is InChI=1S/C33H34Cl6N2O8/c34-32(35,36)20-47-31(42)41-26-28(46-18-24-14-8-3-9-15-24)27(45-17-23-12-6-2-7-13-23)25(48-29(26)49-30(40)33(37,38)39)19-44-21-43-16-22-10-4-1-5-11-22/h1-15,25-29,40H,16-21H2,(H,41,42)/t25-,26+,27-,28-,29-/m1/s1. The van der Waals surface area contributed by atoms with E-state index in [1.165, 1.54) is 0 Å². The van der Waals surface area contributed by atoms with E-state index in [1.54, 1.807) is 0 Å². The fourth-order valence-electron chi connectivity index (χ4n) is 4.69. The van der Waals surface area contributed by atoms with Gasteiger partial charge in [0.05, 0.1) is 26.4 Å². The number of ether oxygens (including phenoxy) is 7. The summed E-state index contributed by atoms with van der Waals surface area (Å²) in [4.78, 5) is 13.0. The number of hydrogen-bond donors (Lipinski definition) is 2. The first-order valence-corrected chi connectivity index (χ1v) is 17.1. The molecule has 2 N–H and O–H groups in total. The van der Waals surface area contributed by atoms with Gasteiger partial charge in [0.15, 0.2) is 0 Å². The monoisotopic (exact) mass is 796 g/mol. The van der Waals surface area contributed by atoms with Gasteiger partial charge in [0.2, 0.25) is 16.0 Å². The molecule has 0 aromatic heterocycles. The lowest BCUT2D eigenvalue weighted by atomic mass is 9.96. The van der Waals surface area contributed by atoms with Crippen LogP contribution in [0.15, 0.2) is 91.0 Å². The number of amides is 1. The first kappa shape index (κ1) is 39.7. The highest BCUT2D eigenvalue weighted by molar-refractivity contribution is 6.76. The summed E-state index contributed by atoms with van der Waals surface area (Å²) in [6.45, 7) is -0.199. The molecule has 3 aromatic carbocycles. The lowest BCUT2D eigenvalue weighted by molar-refractivity contribution is -0.276. The number of halogens is 6. The van der Waals surface area contributed by atoms with Crippen LogP contribution in [0, 0.1) is 5.41 Å². The van der Waals surface area contributed by atoms with E-state index < -0.39 is 56.8 Å². The molecular weight excluding hydrogens is 765 g/mol. The van der Waals surface area contributed by atoms with Crippen molar-refractivity contribution in [1.29, 1.82) is 5.41 Å². The Morgan fingerprint density at radius 1 is 0.735 bits per heavy atom. The Morgan fingerprint density at radius 3 is 1.76 bits per heavy atom. The van der Waals surface area contributed by atoms with Crippen LogP contribution in [-0.2, 0) is 53.0 Å². The Hall–Kier alpha value is -2.06. The summed E-state index contributed by atoms with van der Waals surface area (Å²) >= 11 is 35.3. The summed E-state index contributed by atoms with van der Waals surface area (Å²) in [5.74, 6) is -0.778. The second-order valence-corrected chi connectivity index (χ2v) is 15.5. The van der Waals surface area contributed by atoms with Crippen molar-refractivity contribution in [2.24, 2.45) is 0 Å². The second kappa shape index (κ2) is 19.5. The average Bonchev–Trinajstić information content (AvgIpc) is 3.07. The first-order valence-electron chi connectivity index (χ1n) is 14.9. The third-order valence-electron chi connectivity index (χ3n) is 6.92. The van der Waals surface area contributed by atoms with Crippen LogP contribution in [0.3, 0.4) is 0 Å². The van der Waals surface area contributed by atoms with E-state index in [4.69, 9.17) is 108 Å². The van der Waals surface area contributed by atoms with E-state index >= 15 is 0 Å². The minimum Gasteiger partial charge on any atom is -0.446 e. The van der Waals surface area contributed by atoms with Gasteiger partial charge in [0.25, 0.3) is 3.79 Å². The first-order chi connectivity index (χ1) is 23.4. The highest BCUT2D eigenvalue weighted by Gasteiger charge is 2.51. The van der Waals surface area contributed by atoms with E-state index in [0.29, 0.717) is 6.61 Å². The zero-order chi connectivity index (χ0) is 35.3. The highest BCUT2D eigenvalue weighted by Crippen LogP contribution is 2.33. The molecule has 16 heteroatoms. The molecule has 0 unspecified atom stereocenters. The van der Waals surface area contributed by atoms with Gasteiger partial charge in [0, 0.05) is 0 Å². The molecular formula is C33H34Cl6N2O8. The van der Waals surface area contributed by atoms with Gasteiger partial charge in [-0.1, -0.05) is 161 Å². The van der Waals surface area contributed by atoms with Crippen molar-refractivity contribution in [1.82, 2.24) is 5.32 Å². The number of alkyl halides is 6. The summed E-state index contributed by atoms with van der Waals surface area (Å²) < 4.78 is 37.5. The molecule has 0 bridgehead atoms. The third-order valence-corrected chi connectivity index (χ3v) is 7.76. The molecule has 0 spiro atoms. The third kappa shape index (κ3) is 13.9. The number of benzene rings is 3. The van der Waals surface area contributed by atoms with Gasteiger partial charge in [-0.05, 0) is 16.7 Å². The Balaban J connectivity index is 1.62. The van der Waals surface area contributed by atoms with Gasteiger partial charge in [-0.15, -0.1) is 0 Å². The van der Waals surface area contributed by atoms with Gasteiger partial charge >= 0.3 is 6.09 Å². The Kier molecular flexibility index (Phi) is 15.8. The minimum atomic E-state index is -2.26. The van der Waals surface area contributed by atoms with Gasteiger partial charge in [-0.25, -0.2) is 4.79 Å². The van der Waals surface area contributed by atoms with Crippen LogP contribution in [-0.4, -0.2) is 70.2 Å². The Labute approximate surface area is 314 Å². The van der Waals surface area contributed by atoms with Gasteiger partial charge in [-0.2, -0.15) is 0 Å². The smallest absolute Gasteiger partial charge is 0.407 e. The maximum absolute atomic E-state index is 13.0. The summed E-state index contributed by atoms with van der Waals surface area (Å²) in [5.41, 5.74) is 2.65. The normalized spacial score (nSPS) is 21.1. The molecule has 1 saturated heterocycles. The van der Waals surface area contributed by atoms with Crippen LogP contribution in [0.25, 0.3) is 0 Å². The summed E-state index contributed by atoms with van der Waals surface area (Å²) in [6.07, 6.45) is -5.32. The van der Waals surface area contributed by atoms with Crippen molar-refractivity contribution in [3.63, 3.8) is 0 Å². The molecule has 1 amide bonds. The Bertz CT molecular complexity index is 1430. The van der Waals surface area contributed by atoms with E-state index in [9.17, 15) is 4.79 Å². The molecule has 49 heavy (non-hydrogen) atoms. The number of rotatable bonds is 15. The second-order valence-electron chi connectivity index (χ2n) is 10.7. The van der Waals surface area contributed by atoms with E-state index in [1.807, 2.05) is 91.0 Å². The van der Waals surface area contributed by atoms with Crippen molar-refractivity contribution in [3.05, 3.63) is 108 Å². The quantitative estimate of drug-likeness (QED) is 0.0524. The molecule has 1 aliphatic rings.